The minimum Gasteiger partial charge on any atom is -0.393 e. The van der Waals surface area contributed by atoms with Crippen LogP contribution in [-0.2, 0) is 17.6 Å². The summed E-state index contributed by atoms with van der Waals surface area (Å²) >= 11 is 0. The summed E-state index contributed by atoms with van der Waals surface area (Å²) < 4.78 is 0. The van der Waals surface area contributed by atoms with Gasteiger partial charge in [0.2, 0.25) is 5.91 Å². The molecule has 2 aliphatic rings. The van der Waals surface area contributed by atoms with Crippen molar-refractivity contribution in [1.82, 2.24) is 0 Å². The maximum absolute atomic E-state index is 12.2. The van der Waals surface area contributed by atoms with Crippen LogP contribution in [-0.4, -0.2) is 17.1 Å². The van der Waals surface area contributed by atoms with E-state index in [1.54, 1.807) is 0 Å². The average Bonchev–Trinajstić information content (AvgIpc) is 2.87. The number of benzene rings is 1. The van der Waals surface area contributed by atoms with Crippen LogP contribution in [0.1, 0.15) is 43.2 Å². The highest BCUT2D eigenvalue weighted by Crippen LogP contribution is 2.27. The van der Waals surface area contributed by atoms with Crippen LogP contribution in [0.3, 0.4) is 0 Å². The number of rotatable bonds is 2. The van der Waals surface area contributed by atoms with Crippen LogP contribution in [0.15, 0.2) is 18.2 Å². The lowest BCUT2D eigenvalue weighted by molar-refractivity contribution is -0.121. The van der Waals surface area contributed by atoms with E-state index in [-0.39, 0.29) is 17.9 Å². The van der Waals surface area contributed by atoms with Crippen molar-refractivity contribution in [2.75, 3.05) is 5.32 Å². The van der Waals surface area contributed by atoms with Gasteiger partial charge in [0, 0.05) is 11.6 Å². The van der Waals surface area contributed by atoms with Gasteiger partial charge in [-0.2, -0.15) is 0 Å². The first-order chi connectivity index (χ1) is 9.22. The lowest BCUT2D eigenvalue weighted by Gasteiger charge is -2.24. The van der Waals surface area contributed by atoms with Gasteiger partial charge in [0.05, 0.1) is 6.10 Å². The Bertz CT molecular complexity index is 476. The highest BCUT2D eigenvalue weighted by atomic mass is 16.3. The summed E-state index contributed by atoms with van der Waals surface area (Å²) in [5, 5.41) is 12.5. The molecule has 0 aromatic heterocycles. The monoisotopic (exact) mass is 259 g/mol. The van der Waals surface area contributed by atoms with Crippen LogP contribution in [0.25, 0.3) is 0 Å². The molecular formula is C16H21NO2. The minimum absolute atomic E-state index is 0.0663. The Balaban J connectivity index is 1.63. The second-order valence-electron chi connectivity index (χ2n) is 5.83. The molecule has 0 unspecified atom stereocenters. The summed E-state index contributed by atoms with van der Waals surface area (Å²) in [5.41, 5.74) is 3.74. The summed E-state index contributed by atoms with van der Waals surface area (Å²) in [6.45, 7) is 0. The molecule has 0 radical (unpaired) electrons. The van der Waals surface area contributed by atoms with Crippen molar-refractivity contribution in [3.8, 4) is 0 Å². The average molecular weight is 259 g/mol. The Labute approximate surface area is 114 Å². The van der Waals surface area contributed by atoms with Crippen LogP contribution in [0.2, 0.25) is 0 Å². The first kappa shape index (κ1) is 12.7. The molecule has 2 N–H and O–H groups in total. The van der Waals surface area contributed by atoms with Gasteiger partial charge in [0.15, 0.2) is 0 Å². The van der Waals surface area contributed by atoms with Gasteiger partial charge in [-0.25, -0.2) is 0 Å². The molecule has 0 spiro atoms. The molecule has 0 heterocycles. The van der Waals surface area contributed by atoms with E-state index in [2.05, 4.69) is 17.4 Å². The number of aliphatic hydroxyl groups excluding tert-OH is 1. The highest BCUT2D eigenvalue weighted by molar-refractivity contribution is 5.92. The van der Waals surface area contributed by atoms with E-state index in [0.717, 1.165) is 37.8 Å². The zero-order valence-electron chi connectivity index (χ0n) is 11.2. The van der Waals surface area contributed by atoms with Crippen molar-refractivity contribution in [2.45, 2.75) is 51.0 Å². The van der Waals surface area contributed by atoms with Crippen LogP contribution < -0.4 is 5.32 Å². The Morgan fingerprint density at radius 3 is 2.63 bits per heavy atom. The van der Waals surface area contributed by atoms with Crippen LogP contribution >= 0.6 is 0 Å². The van der Waals surface area contributed by atoms with Gasteiger partial charge in [-0.05, 0) is 68.2 Å². The predicted molar refractivity (Wildman–Crippen MR) is 75.1 cm³/mol. The Hall–Kier alpha value is -1.35. The molecule has 3 heteroatoms. The molecular weight excluding hydrogens is 238 g/mol. The molecule has 3 nitrogen and oxygen atoms in total. The number of carbonyl (C=O) groups is 1. The van der Waals surface area contributed by atoms with Gasteiger partial charge in [0.25, 0.3) is 0 Å². The standard InChI is InChI=1S/C16H21NO2/c18-15-8-5-12(6-9-15)16(19)17-14-7-4-11-2-1-3-13(11)10-14/h4,7,10,12,15,18H,1-3,5-6,8-9H2,(H,17,19). The summed E-state index contributed by atoms with van der Waals surface area (Å²) in [4.78, 5) is 12.2. The second-order valence-corrected chi connectivity index (χ2v) is 5.83. The smallest absolute Gasteiger partial charge is 0.227 e. The van der Waals surface area contributed by atoms with Gasteiger partial charge >= 0.3 is 0 Å². The number of hydrogen-bond donors (Lipinski definition) is 2. The third kappa shape index (κ3) is 2.81. The Morgan fingerprint density at radius 1 is 1.11 bits per heavy atom. The first-order valence-electron chi connectivity index (χ1n) is 7.33. The molecule has 1 saturated carbocycles. The van der Waals surface area contributed by atoms with Gasteiger partial charge in [-0.15, -0.1) is 0 Å². The quantitative estimate of drug-likeness (QED) is 0.858. The fourth-order valence-electron chi connectivity index (χ4n) is 3.23. The van der Waals surface area contributed by atoms with Crippen molar-refractivity contribution >= 4 is 11.6 Å². The van der Waals surface area contributed by atoms with E-state index in [0.29, 0.717) is 0 Å². The van der Waals surface area contributed by atoms with Gasteiger partial charge in [0.1, 0.15) is 0 Å². The third-order valence-corrected chi connectivity index (χ3v) is 4.43. The number of hydrogen-bond acceptors (Lipinski definition) is 2. The van der Waals surface area contributed by atoms with E-state index in [9.17, 15) is 9.90 Å². The SMILES string of the molecule is O=C(Nc1ccc2c(c1)CCC2)C1CCC(O)CC1. The number of fused-ring (bicyclic) bond motifs is 1. The van der Waals surface area contributed by atoms with E-state index in [4.69, 9.17) is 0 Å². The Morgan fingerprint density at radius 2 is 1.84 bits per heavy atom. The van der Waals surface area contributed by atoms with E-state index in [1.165, 1.54) is 24.0 Å². The molecule has 1 amide bonds. The summed E-state index contributed by atoms with van der Waals surface area (Å²) in [5.74, 6) is 0.182. The lowest BCUT2D eigenvalue weighted by Crippen LogP contribution is -2.28. The molecule has 0 bridgehead atoms. The largest absolute Gasteiger partial charge is 0.393 e. The zero-order chi connectivity index (χ0) is 13.2. The number of carbonyl (C=O) groups excluding carboxylic acids is 1. The summed E-state index contributed by atoms with van der Waals surface area (Å²) in [6.07, 6.45) is 6.44. The van der Waals surface area contributed by atoms with Crippen molar-refractivity contribution < 1.29 is 9.90 Å². The normalized spacial score (nSPS) is 25.9. The van der Waals surface area contributed by atoms with Crippen molar-refractivity contribution in [2.24, 2.45) is 5.92 Å². The molecule has 0 saturated heterocycles. The van der Waals surface area contributed by atoms with E-state index in [1.807, 2.05) is 6.07 Å². The number of amides is 1. The maximum Gasteiger partial charge on any atom is 0.227 e. The molecule has 1 fully saturated rings. The lowest BCUT2D eigenvalue weighted by atomic mass is 9.87. The van der Waals surface area contributed by atoms with Crippen LogP contribution in [0.5, 0.6) is 0 Å². The van der Waals surface area contributed by atoms with E-state index >= 15 is 0 Å². The highest BCUT2D eigenvalue weighted by Gasteiger charge is 2.25. The zero-order valence-corrected chi connectivity index (χ0v) is 11.2. The molecule has 2 aliphatic carbocycles. The molecule has 3 rings (SSSR count). The molecule has 0 aliphatic heterocycles. The number of aryl methyl sites for hydroxylation is 2. The number of nitrogens with one attached hydrogen (secondary N) is 1. The van der Waals surface area contributed by atoms with Crippen molar-refractivity contribution in [3.63, 3.8) is 0 Å². The van der Waals surface area contributed by atoms with E-state index < -0.39 is 0 Å². The molecule has 0 atom stereocenters. The first-order valence-corrected chi connectivity index (χ1v) is 7.33. The van der Waals surface area contributed by atoms with Gasteiger partial charge in [-0.1, -0.05) is 6.07 Å². The van der Waals surface area contributed by atoms with Gasteiger partial charge < -0.3 is 10.4 Å². The van der Waals surface area contributed by atoms with Crippen molar-refractivity contribution in [3.05, 3.63) is 29.3 Å². The third-order valence-electron chi connectivity index (χ3n) is 4.43. The minimum atomic E-state index is -0.205. The fourth-order valence-corrected chi connectivity index (χ4v) is 3.23. The van der Waals surface area contributed by atoms with Crippen LogP contribution in [0.4, 0.5) is 5.69 Å². The number of aliphatic hydroxyl groups is 1. The molecule has 1 aromatic carbocycles. The summed E-state index contributed by atoms with van der Waals surface area (Å²) in [6, 6.07) is 6.28. The van der Waals surface area contributed by atoms with Gasteiger partial charge in [-0.3, -0.25) is 4.79 Å². The van der Waals surface area contributed by atoms with Crippen LogP contribution in [0, 0.1) is 5.92 Å². The molecule has 1 aromatic rings. The second kappa shape index (κ2) is 5.33. The van der Waals surface area contributed by atoms with Crippen molar-refractivity contribution in [1.29, 1.82) is 0 Å². The fraction of sp³-hybridized carbons (Fsp3) is 0.562. The molecule has 102 valence electrons. The maximum atomic E-state index is 12.2. The number of anilines is 1. The topological polar surface area (TPSA) is 49.3 Å². The summed E-state index contributed by atoms with van der Waals surface area (Å²) in [7, 11) is 0. The predicted octanol–water partition coefficient (Wildman–Crippen LogP) is 2.66. The Kier molecular flexibility index (Phi) is 3.56. The molecule has 19 heavy (non-hydrogen) atoms.